The third-order valence-corrected chi connectivity index (χ3v) is 3.28. The normalized spacial score (nSPS) is 23.9. The van der Waals surface area contributed by atoms with Gasteiger partial charge in [-0.2, -0.15) is 0 Å². The molecule has 2 aliphatic heterocycles. The van der Waals surface area contributed by atoms with Gasteiger partial charge in [0.25, 0.3) is 0 Å². The van der Waals surface area contributed by atoms with Crippen LogP contribution < -0.4 is 10.6 Å². The summed E-state index contributed by atoms with van der Waals surface area (Å²) in [7, 11) is 0. The fourth-order valence-electron chi connectivity index (χ4n) is 2.31. The first-order valence-corrected chi connectivity index (χ1v) is 5.68. The second-order valence-corrected chi connectivity index (χ2v) is 4.52. The van der Waals surface area contributed by atoms with Crippen LogP contribution in [0.3, 0.4) is 0 Å². The predicted molar refractivity (Wildman–Crippen MR) is 60.1 cm³/mol. The van der Waals surface area contributed by atoms with Gasteiger partial charge in [0.05, 0.1) is 18.9 Å². The van der Waals surface area contributed by atoms with Gasteiger partial charge in [0, 0.05) is 30.4 Å². The second kappa shape index (κ2) is 3.68. The van der Waals surface area contributed by atoms with E-state index in [-0.39, 0.29) is 6.04 Å². The Labute approximate surface area is 94.6 Å². The van der Waals surface area contributed by atoms with Gasteiger partial charge in [0.1, 0.15) is 0 Å². The van der Waals surface area contributed by atoms with E-state index in [1.165, 1.54) is 0 Å². The minimum Gasteiger partial charge on any atom is -0.370 e. The van der Waals surface area contributed by atoms with E-state index in [9.17, 15) is 0 Å². The molecule has 16 heavy (non-hydrogen) atoms. The van der Waals surface area contributed by atoms with Gasteiger partial charge in [0.2, 0.25) is 5.95 Å². The molecule has 0 radical (unpaired) electrons. The van der Waals surface area contributed by atoms with Crippen LogP contribution >= 0.6 is 0 Å². The maximum atomic E-state index is 5.89. The van der Waals surface area contributed by atoms with Crippen LogP contribution in [0, 0.1) is 6.92 Å². The van der Waals surface area contributed by atoms with Gasteiger partial charge in [-0.15, -0.1) is 0 Å². The molecule has 1 aromatic rings. The summed E-state index contributed by atoms with van der Waals surface area (Å²) >= 11 is 0. The Hall–Kier alpha value is -1.20. The van der Waals surface area contributed by atoms with Crippen LogP contribution in [0.15, 0.2) is 0 Å². The average Bonchev–Trinajstić information content (AvgIpc) is 2.85. The lowest BCUT2D eigenvalue weighted by Gasteiger charge is -2.17. The number of nitrogens with two attached hydrogens (primary N) is 1. The lowest BCUT2D eigenvalue weighted by molar-refractivity contribution is 0.133. The summed E-state index contributed by atoms with van der Waals surface area (Å²) in [5.74, 6) is 0.815. The largest absolute Gasteiger partial charge is 0.370 e. The van der Waals surface area contributed by atoms with Crippen molar-refractivity contribution in [3.05, 3.63) is 17.0 Å². The maximum Gasteiger partial charge on any atom is 0.225 e. The number of nitrogens with zero attached hydrogens (tertiary/aromatic N) is 3. The number of aryl methyl sites for hydroxylation is 1. The molecular weight excluding hydrogens is 204 g/mol. The van der Waals surface area contributed by atoms with E-state index in [1.54, 1.807) is 0 Å². The van der Waals surface area contributed by atoms with E-state index >= 15 is 0 Å². The Morgan fingerprint density at radius 3 is 3.00 bits per heavy atom. The van der Waals surface area contributed by atoms with Crippen molar-refractivity contribution in [3.63, 3.8) is 0 Å². The first kappa shape index (κ1) is 9.99. The van der Waals surface area contributed by atoms with Gasteiger partial charge >= 0.3 is 0 Å². The highest BCUT2D eigenvalue weighted by molar-refractivity contribution is 5.38. The quantitative estimate of drug-likeness (QED) is 0.740. The predicted octanol–water partition coefficient (Wildman–Crippen LogP) is 0.353. The molecule has 1 atom stereocenters. The highest BCUT2D eigenvalue weighted by atomic mass is 16.5. The summed E-state index contributed by atoms with van der Waals surface area (Å²) < 4.78 is 5.39. The molecule has 2 aliphatic rings. The summed E-state index contributed by atoms with van der Waals surface area (Å²) in [6.45, 7) is 5.11. The lowest BCUT2D eigenvalue weighted by Crippen LogP contribution is -2.28. The van der Waals surface area contributed by atoms with Crippen molar-refractivity contribution in [2.24, 2.45) is 5.73 Å². The van der Waals surface area contributed by atoms with E-state index < -0.39 is 0 Å². The minimum atomic E-state index is 0.258. The zero-order valence-electron chi connectivity index (χ0n) is 9.44. The fourth-order valence-corrected chi connectivity index (χ4v) is 2.31. The number of anilines is 1. The molecule has 86 valence electrons. The third-order valence-electron chi connectivity index (χ3n) is 3.28. The van der Waals surface area contributed by atoms with Crippen LogP contribution in [0.4, 0.5) is 5.95 Å². The van der Waals surface area contributed by atoms with Crippen LogP contribution in [0.2, 0.25) is 0 Å². The molecule has 1 saturated heterocycles. The summed E-state index contributed by atoms with van der Waals surface area (Å²) in [4.78, 5) is 11.3. The van der Waals surface area contributed by atoms with Crippen molar-refractivity contribution < 1.29 is 4.74 Å². The van der Waals surface area contributed by atoms with Crippen molar-refractivity contribution in [2.75, 3.05) is 18.0 Å². The molecule has 0 amide bonds. The van der Waals surface area contributed by atoms with E-state index in [0.717, 1.165) is 42.4 Å². The number of hydrogen-bond donors (Lipinski definition) is 1. The monoisotopic (exact) mass is 220 g/mol. The first-order valence-electron chi connectivity index (χ1n) is 5.68. The average molecular weight is 220 g/mol. The Morgan fingerprint density at radius 1 is 1.38 bits per heavy atom. The highest BCUT2D eigenvalue weighted by Crippen LogP contribution is 2.24. The Kier molecular flexibility index (Phi) is 2.29. The van der Waals surface area contributed by atoms with Crippen LogP contribution in [0.1, 0.15) is 23.4 Å². The number of aromatic nitrogens is 2. The zero-order chi connectivity index (χ0) is 11.1. The topological polar surface area (TPSA) is 64.3 Å². The first-order chi connectivity index (χ1) is 7.74. The molecule has 3 heterocycles. The number of hydrogen-bond acceptors (Lipinski definition) is 5. The Bertz CT molecular complexity index is 421. The SMILES string of the molecule is Cc1nc(N2CCC(N)C2)nc2c1COC2. The summed E-state index contributed by atoms with van der Waals surface area (Å²) in [5.41, 5.74) is 9.14. The molecule has 2 N–H and O–H groups in total. The van der Waals surface area contributed by atoms with E-state index in [2.05, 4.69) is 14.9 Å². The van der Waals surface area contributed by atoms with Gasteiger partial charge in [-0.1, -0.05) is 0 Å². The molecule has 0 bridgehead atoms. The molecule has 0 aromatic carbocycles. The minimum absolute atomic E-state index is 0.258. The molecule has 0 spiro atoms. The smallest absolute Gasteiger partial charge is 0.225 e. The van der Waals surface area contributed by atoms with Crippen molar-refractivity contribution in [2.45, 2.75) is 32.6 Å². The second-order valence-electron chi connectivity index (χ2n) is 4.52. The van der Waals surface area contributed by atoms with Crippen molar-refractivity contribution >= 4 is 5.95 Å². The van der Waals surface area contributed by atoms with Gasteiger partial charge in [-0.3, -0.25) is 0 Å². The van der Waals surface area contributed by atoms with E-state index in [1.807, 2.05) is 6.92 Å². The lowest BCUT2D eigenvalue weighted by atomic mass is 10.2. The molecule has 0 saturated carbocycles. The number of rotatable bonds is 1. The van der Waals surface area contributed by atoms with Crippen molar-refractivity contribution in [1.29, 1.82) is 0 Å². The highest BCUT2D eigenvalue weighted by Gasteiger charge is 2.24. The van der Waals surface area contributed by atoms with Crippen LogP contribution in [-0.2, 0) is 18.0 Å². The molecule has 0 aliphatic carbocycles. The van der Waals surface area contributed by atoms with E-state index in [0.29, 0.717) is 13.2 Å². The van der Waals surface area contributed by atoms with Crippen LogP contribution in [0.25, 0.3) is 0 Å². The van der Waals surface area contributed by atoms with E-state index in [4.69, 9.17) is 10.5 Å². The number of fused-ring (bicyclic) bond motifs is 1. The zero-order valence-corrected chi connectivity index (χ0v) is 9.44. The van der Waals surface area contributed by atoms with Gasteiger partial charge in [-0.05, 0) is 13.3 Å². The van der Waals surface area contributed by atoms with Crippen LogP contribution in [0.5, 0.6) is 0 Å². The van der Waals surface area contributed by atoms with Crippen LogP contribution in [-0.4, -0.2) is 29.1 Å². The standard InChI is InChI=1S/C11H16N4O/c1-7-9-5-16-6-10(9)14-11(13-7)15-3-2-8(12)4-15/h8H,2-6,12H2,1H3. The van der Waals surface area contributed by atoms with Gasteiger partial charge in [0.15, 0.2) is 0 Å². The molecule has 1 unspecified atom stereocenters. The van der Waals surface area contributed by atoms with Gasteiger partial charge < -0.3 is 15.4 Å². The number of ether oxygens (including phenoxy) is 1. The Morgan fingerprint density at radius 2 is 2.25 bits per heavy atom. The molecule has 5 heteroatoms. The molecule has 1 fully saturated rings. The third kappa shape index (κ3) is 1.56. The molecule has 5 nitrogen and oxygen atoms in total. The molecule has 1 aromatic heterocycles. The molecular formula is C11H16N4O. The summed E-state index contributed by atoms with van der Waals surface area (Å²) in [5, 5.41) is 0. The summed E-state index contributed by atoms with van der Waals surface area (Å²) in [6, 6.07) is 0.258. The fraction of sp³-hybridized carbons (Fsp3) is 0.636. The summed E-state index contributed by atoms with van der Waals surface area (Å²) in [6.07, 6.45) is 1.02. The molecule has 3 rings (SSSR count). The maximum absolute atomic E-state index is 5.89. The Balaban J connectivity index is 1.94. The van der Waals surface area contributed by atoms with Crippen molar-refractivity contribution in [1.82, 2.24) is 9.97 Å². The van der Waals surface area contributed by atoms with Gasteiger partial charge in [-0.25, -0.2) is 9.97 Å². The van der Waals surface area contributed by atoms with Crippen molar-refractivity contribution in [3.8, 4) is 0 Å².